The monoisotopic (exact) mass is 336 g/mol. The molecule has 128 valence electrons. The maximum atomic E-state index is 12.3. The van der Waals surface area contributed by atoms with Crippen molar-refractivity contribution in [3.8, 4) is 11.5 Å². The van der Waals surface area contributed by atoms with Gasteiger partial charge in [0.2, 0.25) is 0 Å². The van der Waals surface area contributed by atoms with Crippen molar-refractivity contribution in [2.24, 2.45) is 7.05 Å². The van der Waals surface area contributed by atoms with Crippen molar-refractivity contribution >= 4 is 11.9 Å². The molecule has 0 N–H and O–H groups in total. The first-order valence-electron chi connectivity index (χ1n) is 7.19. The second-order valence-corrected chi connectivity index (χ2v) is 5.16. The predicted octanol–water partition coefficient (Wildman–Crippen LogP) is 3.54. The van der Waals surface area contributed by atoms with Crippen LogP contribution in [-0.2, 0) is 7.05 Å². The highest BCUT2D eigenvalue weighted by Crippen LogP contribution is 2.30. The summed E-state index contributed by atoms with van der Waals surface area (Å²) in [4.78, 5) is 12.3. The van der Waals surface area contributed by atoms with Gasteiger partial charge in [-0.3, -0.25) is 9.48 Å². The van der Waals surface area contributed by atoms with Gasteiger partial charge in [-0.05, 0) is 37.6 Å². The van der Waals surface area contributed by atoms with Crippen LogP contribution in [-0.4, -0.2) is 29.3 Å². The molecule has 1 aromatic heterocycles. The largest absolute Gasteiger partial charge is 0.493 e. The van der Waals surface area contributed by atoms with Gasteiger partial charge < -0.3 is 9.47 Å². The fourth-order valence-electron chi connectivity index (χ4n) is 2.37. The van der Waals surface area contributed by atoms with E-state index >= 15 is 0 Å². The molecule has 0 spiro atoms. The van der Waals surface area contributed by atoms with E-state index in [-0.39, 0.29) is 17.3 Å². The number of aryl methyl sites for hydroxylation is 2. The highest BCUT2D eigenvalue weighted by atomic mass is 19.3. The molecule has 0 fully saturated rings. The van der Waals surface area contributed by atoms with E-state index in [1.54, 1.807) is 30.8 Å². The van der Waals surface area contributed by atoms with Gasteiger partial charge in [0.25, 0.3) is 0 Å². The Labute approximate surface area is 138 Å². The number of ketones is 1. The summed E-state index contributed by atoms with van der Waals surface area (Å²) in [6.07, 6.45) is 3.00. The first kappa shape index (κ1) is 17.7. The lowest BCUT2D eigenvalue weighted by Gasteiger charge is -2.10. The van der Waals surface area contributed by atoms with E-state index in [0.717, 1.165) is 5.69 Å². The zero-order valence-corrected chi connectivity index (χ0v) is 13.8. The summed E-state index contributed by atoms with van der Waals surface area (Å²) in [6.45, 7) is 0.659. The molecule has 0 atom stereocenters. The summed E-state index contributed by atoms with van der Waals surface area (Å²) >= 11 is 0. The SMILES string of the molecule is COc1cc(C=CC(=O)c2c(C)nn(C)c2C)ccc1OC(F)F. The Morgan fingerprint density at radius 1 is 1.29 bits per heavy atom. The fourth-order valence-corrected chi connectivity index (χ4v) is 2.37. The number of aromatic nitrogens is 2. The van der Waals surface area contributed by atoms with E-state index in [1.165, 1.54) is 25.3 Å². The minimum Gasteiger partial charge on any atom is -0.493 e. The first-order chi connectivity index (χ1) is 11.3. The van der Waals surface area contributed by atoms with Crippen LogP contribution < -0.4 is 9.47 Å². The van der Waals surface area contributed by atoms with Gasteiger partial charge in [-0.1, -0.05) is 12.1 Å². The quantitative estimate of drug-likeness (QED) is 0.598. The maximum Gasteiger partial charge on any atom is 0.387 e. The van der Waals surface area contributed by atoms with E-state index < -0.39 is 6.61 Å². The van der Waals surface area contributed by atoms with Crippen LogP contribution in [0.2, 0.25) is 0 Å². The van der Waals surface area contributed by atoms with E-state index in [1.807, 2.05) is 6.92 Å². The second-order valence-electron chi connectivity index (χ2n) is 5.16. The van der Waals surface area contributed by atoms with Crippen molar-refractivity contribution in [2.75, 3.05) is 7.11 Å². The first-order valence-corrected chi connectivity index (χ1v) is 7.19. The Balaban J connectivity index is 2.24. The highest BCUT2D eigenvalue weighted by Gasteiger charge is 2.15. The van der Waals surface area contributed by atoms with Crippen molar-refractivity contribution in [1.29, 1.82) is 0 Å². The molecule has 0 aliphatic rings. The summed E-state index contributed by atoms with van der Waals surface area (Å²) in [5.74, 6) is -0.0708. The van der Waals surface area contributed by atoms with Crippen LogP contribution in [0, 0.1) is 13.8 Å². The molecule has 0 aliphatic heterocycles. The average Bonchev–Trinajstić information content (AvgIpc) is 2.78. The fraction of sp³-hybridized carbons (Fsp3) is 0.294. The van der Waals surface area contributed by atoms with E-state index in [0.29, 0.717) is 16.8 Å². The van der Waals surface area contributed by atoms with Crippen LogP contribution >= 0.6 is 0 Å². The standard InChI is InChI=1S/C17H18F2N2O3/c1-10-16(11(2)21(3)20-10)13(22)7-5-12-6-8-14(24-17(18)19)15(9-12)23-4/h5-9,17H,1-4H3. The van der Waals surface area contributed by atoms with Crippen LogP contribution in [0.5, 0.6) is 11.5 Å². The van der Waals surface area contributed by atoms with Crippen LogP contribution in [0.3, 0.4) is 0 Å². The van der Waals surface area contributed by atoms with Crippen molar-refractivity contribution in [2.45, 2.75) is 20.5 Å². The number of benzene rings is 1. The Hall–Kier alpha value is -2.70. The number of rotatable bonds is 6. The zero-order chi connectivity index (χ0) is 17.9. The molecule has 5 nitrogen and oxygen atoms in total. The topological polar surface area (TPSA) is 53.3 Å². The third-order valence-corrected chi connectivity index (χ3v) is 3.59. The van der Waals surface area contributed by atoms with Crippen molar-refractivity contribution in [3.05, 3.63) is 46.8 Å². The molecule has 0 saturated carbocycles. The van der Waals surface area contributed by atoms with Gasteiger partial charge in [-0.25, -0.2) is 0 Å². The van der Waals surface area contributed by atoms with E-state index in [2.05, 4.69) is 9.84 Å². The molecule has 1 aromatic carbocycles. The van der Waals surface area contributed by atoms with Crippen LogP contribution in [0.4, 0.5) is 8.78 Å². The normalized spacial score (nSPS) is 11.3. The number of carbonyl (C=O) groups is 1. The van der Waals surface area contributed by atoms with Crippen LogP contribution in [0.15, 0.2) is 24.3 Å². The molecule has 0 bridgehead atoms. The molecule has 0 radical (unpaired) electrons. The number of allylic oxidation sites excluding steroid dienone is 1. The highest BCUT2D eigenvalue weighted by molar-refractivity contribution is 6.08. The maximum absolute atomic E-state index is 12.3. The third kappa shape index (κ3) is 3.79. The van der Waals surface area contributed by atoms with Crippen LogP contribution in [0.1, 0.15) is 27.3 Å². The molecule has 1 heterocycles. The smallest absolute Gasteiger partial charge is 0.387 e. The lowest BCUT2D eigenvalue weighted by Crippen LogP contribution is -2.03. The number of nitrogens with zero attached hydrogens (tertiary/aromatic N) is 2. The van der Waals surface area contributed by atoms with Gasteiger partial charge in [0.05, 0.1) is 18.4 Å². The van der Waals surface area contributed by atoms with Gasteiger partial charge in [0.15, 0.2) is 17.3 Å². The van der Waals surface area contributed by atoms with Gasteiger partial charge in [-0.15, -0.1) is 0 Å². The average molecular weight is 336 g/mol. The number of ether oxygens (including phenoxy) is 2. The third-order valence-electron chi connectivity index (χ3n) is 3.59. The Morgan fingerprint density at radius 3 is 2.54 bits per heavy atom. The molecule has 2 aromatic rings. The molecule has 24 heavy (non-hydrogen) atoms. The minimum absolute atomic E-state index is 0.0603. The van der Waals surface area contributed by atoms with E-state index in [4.69, 9.17) is 4.74 Å². The molecular formula is C17H18F2N2O3. The number of hydrogen-bond donors (Lipinski definition) is 0. The summed E-state index contributed by atoms with van der Waals surface area (Å²) in [5, 5.41) is 4.21. The lowest BCUT2D eigenvalue weighted by atomic mass is 10.1. The summed E-state index contributed by atoms with van der Waals surface area (Å²) in [6, 6.07) is 4.45. The van der Waals surface area contributed by atoms with E-state index in [9.17, 15) is 13.6 Å². The Kier molecular flexibility index (Phi) is 5.33. The molecule has 0 unspecified atom stereocenters. The summed E-state index contributed by atoms with van der Waals surface area (Å²) < 4.78 is 35.7. The lowest BCUT2D eigenvalue weighted by molar-refractivity contribution is -0.0512. The minimum atomic E-state index is -2.93. The Bertz CT molecular complexity index is 782. The number of carbonyl (C=O) groups excluding carboxylic acids is 1. The van der Waals surface area contributed by atoms with Gasteiger partial charge >= 0.3 is 6.61 Å². The zero-order valence-electron chi connectivity index (χ0n) is 13.8. The number of alkyl halides is 2. The molecule has 7 heteroatoms. The molecule has 0 amide bonds. The van der Waals surface area contributed by atoms with Crippen molar-refractivity contribution in [3.63, 3.8) is 0 Å². The predicted molar refractivity (Wildman–Crippen MR) is 85.7 cm³/mol. The molecule has 2 rings (SSSR count). The van der Waals surface area contributed by atoms with Crippen molar-refractivity contribution in [1.82, 2.24) is 9.78 Å². The molecular weight excluding hydrogens is 318 g/mol. The van der Waals surface area contributed by atoms with Gasteiger partial charge in [0, 0.05) is 12.7 Å². The summed E-state index contributed by atoms with van der Waals surface area (Å²) in [7, 11) is 3.13. The number of halogens is 2. The van der Waals surface area contributed by atoms with Gasteiger partial charge in [0.1, 0.15) is 0 Å². The number of hydrogen-bond acceptors (Lipinski definition) is 4. The van der Waals surface area contributed by atoms with Crippen molar-refractivity contribution < 1.29 is 23.0 Å². The Morgan fingerprint density at radius 2 is 2.00 bits per heavy atom. The second kappa shape index (κ2) is 7.25. The summed E-state index contributed by atoms with van der Waals surface area (Å²) in [5.41, 5.74) is 2.61. The number of methoxy groups -OCH3 is 1. The van der Waals surface area contributed by atoms with Gasteiger partial charge in [-0.2, -0.15) is 13.9 Å². The molecule has 0 saturated heterocycles. The van der Waals surface area contributed by atoms with Crippen LogP contribution in [0.25, 0.3) is 6.08 Å². The molecule has 0 aliphatic carbocycles.